The van der Waals surface area contributed by atoms with Gasteiger partial charge in [-0.05, 0) is 62.3 Å². The lowest BCUT2D eigenvalue weighted by Gasteiger charge is -2.28. The number of amides is 4. The number of carbonyl (C=O) groups is 5. The fourth-order valence-corrected chi connectivity index (χ4v) is 6.90. The van der Waals surface area contributed by atoms with Crippen LogP contribution in [-0.4, -0.2) is 66.2 Å². The van der Waals surface area contributed by atoms with E-state index in [4.69, 9.17) is 4.74 Å². The van der Waals surface area contributed by atoms with E-state index in [1.54, 1.807) is 19.2 Å². The highest BCUT2D eigenvalue weighted by molar-refractivity contribution is 6.38. The second kappa shape index (κ2) is 14.7. The summed E-state index contributed by atoms with van der Waals surface area (Å²) in [7, 11) is 1.58. The number of hydrogen-bond donors (Lipinski definition) is 5. The summed E-state index contributed by atoms with van der Waals surface area (Å²) in [5.41, 5.74) is 1.06. The Morgan fingerprint density at radius 3 is 2.30 bits per heavy atom. The highest BCUT2D eigenvalue weighted by atomic mass is 16.5. The van der Waals surface area contributed by atoms with Crippen LogP contribution in [0.5, 0.6) is 5.75 Å². The molecule has 3 aliphatic rings. The third-order valence-electron chi connectivity index (χ3n) is 9.47. The van der Waals surface area contributed by atoms with Crippen molar-refractivity contribution in [3.8, 4) is 5.75 Å². The van der Waals surface area contributed by atoms with Crippen molar-refractivity contribution >= 4 is 40.3 Å². The van der Waals surface area contributed by atoms with E-state index in [0.29, 0.717) is 30.8 Å². The standard InChI is InChI=1S/C33H45N5O6/c1-44-24-12-13-25-22(17-24)19-28(36-25)32(42)38-27(16-20-8-4-2-5-9-20)31(41)37-26(18-21-14-15-34-30(21)40)29(39)33(43)35-23-10-6-3-7-11-23/h12-13,17,19-21,23,26-27,36H,2-11,14-16,18H2,1H3,(H,34,40)(H,35,43)(H,37,41)(H,38,42)/t21-,26-,27+/m0/s1. The molecule has 2 saturated carbocycles. The molecule has 1 saturated heterocycles. The maximum Gasteiger partial charge on any atom is 0.289 e. The van der Waals surface area contributed by atoms with Crippen LogP contribution < -0.4 is 26.0 Å². The van der Waals surface area contributed by atoms with Crippen LogP contribution in [0.15, 0.2) is 24.3 Å². The van der Waals surface area contributed by atoms with Crippen molar-refractivity contribution in [2.24, 2.45) is 11.8 Å². The fourth-order valence-electron chi connectivity index (χ4n) is 6.90. The lowest BCUT2D eigenvalue weighted by Crippen LogP contribution is -2.55. The summed E-state index contributed by atoms with van der Waals surface area (Å²) >= 11 is 0. The Labute approximate surface area is 258 Å². The summed E-state index contributed by atoms with van der Waals surface area (Å²) in [5, 5.41) is 12.1. The van der Waals surface area contributed by atoms with E-state index in [0.717, 1.165) is 75.1 Å². The van der Waals surface area contributed by atoms with Crippen molar-refractivity contribution in [2.75, 3.05) is 13.7 Å². The minimum atomic E-state index is -1.17. The molecule has 44 heavy (non-hydrogen) atoms. The zero-order chi connectivity index (χ0) is 31.1. The third-order valence-corrected chi connectivity index (χ3v) is 9.47. The van der Waals surface area contributed by atoms with Crippen molar-refractivity contribution in [3.63, 3.8) is 0 Å². The molecular formula is C33H45N5O6. The smallest absolute Gasteiger partial charge is 0.289 e. The molecular weight excluding hydrogens is 562 g/mol. The number of fused-ring (bicyclic) bond motifs is 1. The molecule has 1 aromatic carbocycles. The van der Waals surface area contributed by atoms with Gasteiger partial charge in [0.25, 0.3) is 11.8 Å². The van der Waals surface area contributed by atoms with E-state index in [2.05, 4.69) is 26.3 Å². The first-order chi connectivity index (χ1) is 21.3. The molecule has 0 unspecified atom stereocenters. The summed E-state index contributed by atoms with van der Waals surface area (Å²) in [6, 6.07) is 5.00. The van der Waals surface area contributed by atoms with E-state index >= 15 is 0 Å². The largest absolute Gasteiger partial charge is 0.497 e. The average molecular weight is 608 g/mol. The number of aromatic amines is 1. The second-order valence-corrected chi connectivity index (χ2v) is 12.6. The van der Waals surface area contributed by atoms with Gasteiger partial charge in [0.1, 0.15) is 17.5 Å². The Bertz CT molecular complexity index is 1360. The average Bonchev–Trinajstić information content (AvgIpc) is 3.66. The summed E-state index contributed by atoms with van der Waals surface area (Å²) in [6.07, 6.45) is 10.9. The highest BCUT2D eigenvalue weighted by Crippen LogP contribution is 2.28. The van der Waals surface area contributed by atoms with Gasteiger partial charge in [-0.3, -0.25) is 24.0 Å². The molecule has 4 amide bonds. The molecule has 0 radical (unpaired) electrons. The predicted molar refractivity (Wildman–Crippen MR) is 165 cm³/mol. The topological polar surface area (TPSA) is 158 Å². The molecule has 3 atom stereocenters. The van der Waals surface area contributed by atoms with Gasteiger partial charge in [-0.1, -0.05) is 51.4 Å². The van der Waals surface area contributed by atoms with Gasteiger partial charge < -0.3 is 31.0 Å². The Morgan fingerprint density at radius 1 is 0.886 bits per heavy atom. The lowest BCUT2D eigenvalue weighted by atomic mass is 9.84. The van der Waals surface area contributed by atoms with Crippen LogP contribution >= 0.6 is 0 Å². The first-order valence-corrected chi connectivity index (χ1v) is 16.2. The minimum Gasteiger partial charge on any atom is -0.497 e. The Kier molecular flexibility index (Phi) is 10.6. The predicted octanol–water partition coefficient (Wildman–Crippen LogP) is 3.27. The van der Waals surface area contributed by atoms with Gasteiger partial charge in [0.05, 0.1) is 13.2 Å². The number of benzene rings is 1. The number of ketones is 1. The van der Waals surface area contributed by atoms with Gasteiger partial charge in [-0.15, -0.1) is 0 Å². The number of methoxy groups -OCH3 is 1. The maximum absolute atomic E-state index is 13.9. The number of Topliss-reactive ketones (excluding diaryl/α,β-unsaturated/α-hetero) is 1. The first kappa shape index (κ1) is 31.5. The number of carbonyl (C=O) groups excluding carboxylic acids is 5. The van der Waals surface area contributed by atoms with E-state index < -0.39 is 41.5 Å². The summed E-state index contributed by atoms with van der Waals surface area (Å²) in [6.45, 7) is 0.489. The normalized spacial score (nSPS) is 20.8. The molecule has 238 valence electrons. The lowest BCUT2D eigenvalue weighted by molar-refractivity contribution is -0.141. The minimum absolute atomic E-state index is 0.0302. The molecule has 0 spiro atoms. The molecule has 11 heteroatoms. The van der Waals surface area contributed by atoms with Gasteiger partial charge in [-0.25, -0.2) is 0 Å². The van der Waals surface area contributed by atoms with Crippen LogP contribution in [0, 0.1) is 11.8 Å². The third kappa shape index (κ3) is 7.98. The van der Waals surface area contributed by atoms with Gasteiger partial charge in [0.15, 0.2) is 0 Å². The van der Waals surface area contributed by atoms with Gasteiger partial charge in [0, 0.05) is 29.4 Å². The second-order valence-electron chi connectivity index (χ2n) is 12.6. The molecule has 2 heterocycles. The molecule has 2 aromatic rings. The SMILES string of the molecule is COc1ccc2[nH]c(C(=O)N[C@H](CC3CCCCC3)C(=O)N[C@@H](C[C@@H]3CCNC3=O)C(=O)C(=O)NC3CCCCC3)cc2c1. The van der Waals surface area contributed by atoms with Crippen molar-refractivity contribution < 1.29 is 28.7 Å². The quantitative estimate of drug-likeness (QED) is 0.233. The number of H-pyrrole nitrogens is 1. The number of aromatic nitrogens is 1. The molecule has 3 fully saturated rings. The van der Waals surface area contributed by atoms with Gasteiger partial charge in [-0.2, -0.15) is 0 Å². The summed E-state index contributed by atoms with van der Waals surface area (Å²) in [5.74, 6) is -2.21. The van der Waals surface area contributed by atoms with Crippen molar-refractivity contribution in [2.45, 2.75) is 102 Å². The van der Waals surface area contributed by atoms with Gasteiger partial charge >= 0.3 is 0 Å². The molecule has 1 aliphatic heterocycles. The van der Waals surface area contributed by atoms with Crippen LogP contribution in [0.1, 0.15) is 94.0 Å². The zero-order valence-electron chi connectivity index (χ0n) is 25.5. The van der Waals surface area contributed by atoms with E-state index in [1.165, 1.54) is 0 Å². The molecule has 1 aromatic heterocycles. The van der Waals surface area contributed by atoms with Crippen molar-refractivity contribution in [1.29, 1.82) is 0 Å². The van der Waals surface area contributed by atoms with Crippen molar-refractivity contribution in [3.05, 3.63) is 30.0 Å². The highest BCUT2D eigenvalue weighted by Gasteiger charge is 2.37. The monoisotopic (exact) mass is 607 g/mol. The molecule has 11 nitrogen and oxygen atoms in total. The van der Waals surface area contributed by atoms with E-state index in [-0.39, 0.29) is 24.3 Å². The molecule has 5 N–H and O–H groups in total. The van der Waals surface area contributed by atoms with Gasteiger partial charge in [0.2, 0.25) is 17.6 Å². The summed E-state index contributed by atoms with van der Waals surface area (Å²) in [4.78, 5) is 69.4. The number of nitrogens with one attached hydrogen (secondary N) is 5. The molecule has 0 bridgehead atoms. The van der Waals surface area contributed by atoms with Crippen LogP contribution in [0.25, 0.3) is 10.9 Å². The Hall–Kier alpha value is -3.89. The first-order valence-electron chi connectivity index (χ1n) is 16.2. The number of hydrogen-bond acceptors (Lipinski definition) is 6. The summed E-state index contributed by atoms with van der Waals surface area (Å²) < 4.78 is 5.29. The molecule has 2 aliphatic carbocycles. The Morgan fingerprint density at radius 2 is 1.61 bits per heavy atom. The number of rotatable bonds is 12. The van der Waals surface area contributed by atoms with Crippen LogP contribution in [0.3, 0.4) is 0 Å². The fraction of sp³-hybridized carbons (Fsp3) is 0.606. The van der Waals surface area contributed by atoms with Crippen LogP contribution in [0.4, 0.5) is 0 Å². The van der Waals surface area contributed by atoms with E-state index in [9.17, 15) is 24.0 Å². The molecule has 5 rings (SSSR count). The Balaban J connectivity index is 1.33. The number of ether oxygens (including phenoxy) is 1. The zero-order valence-corrected chi connectivity index (χ0v) is 25.5. The van der Waals surface area contributed by atoms with Crippen LogP contribution in [-0.2, 0) is 19.2 Å². The maximum atomic E-state index is 13.9. The van der Waals surface area contributed by atoms with Crippen LogP contribution in [0.2, 0.25) is 0 Å². The van der Waals surface area contributed by atoms with E-state index in [1.807, 2.05) is 12.1 Å². The van der Waals surface area contributed by atoms with Crippen molar-refractivity contribution in [1.82, 2.24) is 26.3 Å².